The van der Waals surface area contributed by atoms with Crippen LogP contribution in [0.3, 0.4) is 0 Å². The fourth-order valence-corrected chi connectivity index (χ4v) is 2.46. The molecule has 9 nitrogen and oxygen atoms in total. The van der Waals surface area contributed by atoms with Crippen LogP contribution in [0.4, 0.5) is 0 Å². The zero-order valence-electron chi connectivity index (χ0n) is 13.8. The van der Waals surface area contributed by atoms with Gasteiger partial charge in [0.1, 0.15) is 10.7 Å². The van der Waals surface area contributed by atoms with E-state index >= 15 is 0 Å². The highest BCUT2D eigenvalue weighted by atomic mass is 35.5. The van der Waals surface area contributed by atoms with Gasteiger partial charge >= 0.3 is 11.9 Å². The van der Waals surface area contributed by atoms with E-state index in [0.717, 1.165) is 0 Å². The Morgan fingerprint density at radius 3 is 2.60 bits per heavy atom. The van der Waals surface area contributed by atoms with Crippen LogP contribution in [0.5, 0.6) is 0 Å². The first-order valence-corrected chi connectivity index (χ1v) is 7.59. The van der Waals surface area contributed by atoms with Gasteiger partial charge in [0.05, 0.1) is 38.5 Å². The summed E-state index contributed by atoms with van der Waals surface area (Å²) < 4.78 is 14.6. The third-order valence-electron chi connectivity index (χ3n) is 3.32. The highest BCUT2D eigenvalue weighted by Gasteiger charge is 2.28. The van der Waals surface area contributed by atoms with Gasteiger partial charge in [-0.25, -0.2) is 10.2 Å². The average molecular weight is 370 g/mol. The van der Waals surface area contributed by atoms with Gasteiger partial charge in [0.25, 0.3) is 5.91 Å². The van der Waals surface area contributed by atoms with Gasteiger partial charge < -0.3 is 19.2 Å². The number of methoxy groups -OCH3 is 2. The molecule has 25 heavy (non-hydrogen) atoms. The molecule has 0 spiro atoms. The topological polar surface area (TPSA) is 119 Å². The molecule has 0 bridgehead atoms. The number of rotatable bonds is 5. The standard InChI is InChI=1S/C15H16ClN3O6/c1-4-25-14-8(13(21)18-19-14)5-9-11(15(22)24-3)7(12(16)17-9)6-10(20)23-2/h5,17H,4,6H2,1-3H3,(H,18,21)/b8-5-. The van der Waals surface area contributed by atoms with E-state index in [-0.39, 0.29) is 39.9 Å². The van der Waals surface area contributed by atoms with Gasteiger partial charge in [-0.3, -0.25) is 9.59 Å². The lowest BCUT2D eigenvalue weighted by molar-refractivity contribution is -0.139. The van der Waals surface area contributed by atoms with Crippen molar-refractivity contribution < 1.29 is 28.6 Å². The number of halogens is 1. The number of H-pyrrole nitrogens is 1. The van der Waals surface area contributed by atoms with Gasteiger partial charge in [-0.15, -0.1) is 5.10 Å². The quantitative estimate of drug-likeness (QED) is 0.591. The molecule has 2 rings (SSSR count). The average Bonchev–Trinajstić information content (AvgIpc) is 3.09. The predicted octanol–water partition coefficient (Wildman–Crippen LogP) is 1.03. The van der Waals surface area contributed by atoms with E-state index < -0.39 is 17.8 Å². The maximum absolute atomic E-state index is 12.2. The molecule has 0 saturated carbocycles. The van der Waals surface area contributed by atoms with Gasteiger partial charge in [-0.05, 0) is 13.0 Å². The number of carbonyl (C=O) groups excluding carboxylic acids is 3. The van der Waals surface area contributed by atoms with Crippen molar-refractivity contribution in [1.82, 2.24) is 10.4 Å². The Hall–Kier alpha value is -2.81. The molecule has 134 valence electrons. The molecular weight excluding hydrogens is 354 g/mol. The van der Waals surface area contributed by atoms with E-state index in [9.17, 15) is 14.4 Å². The van der Waals surface area contributed by atoms with Crippen molar-refractivity contribution in [2.75, 3.05) is 20.8 Å². The van der Waals surface area contributed by atoms with Crippen LogP contribution in [0.25, 0.3) is 6.08 Å². The molecular formula is C15H16ClN3O6. The van der Waals surface area contributed by atoms with Crippen LogP contribution in [0.15, 0.2) is 10.7 Å². The molecule has 1 amide bonds. The lowest BCUT2D eigenvalue weighted by Gasteiger charge is -2.05. The summed E-state index contributed by atoms with van der Waals surface area (Å²) >= 11 is 6.11. The number of hydrogen-bond donors (Lipinski definition) is 2. The second-order valence-electron chi connectivity index (χ2n) is 4.80. The summed E-state index contributed by atoms with van der Waals surface area (Å²) in [7, 11) is 2.41. The number of hydrazone groups is 1. The van der Waals surface area contributed by atoms with Crippen LogP contribution in [0, 0.1) is 0 Å². The van der Waals surface area contributed by atoms with Crippen LogP contribution in [-0.4, -0.2) is 49.6 Å². The van der Waals surface area contributed by atoms with E-state index in [1.165, 1.54) is 20.3 Å². The van der Waals surface area contributed by atoms with Crippen molar-refractivity contribution in [2.24, 2.45) is 5.10 Å². The van der Waals surface area contributed by atoms with Crippen molar-refractivity contribution in [3.05, 3.63) is 27.5 Å². The number of aromatic nitrogens is 1. The zero-order chi connectivity index (χ0) is 18.6. The van der Waals surface area contributed by atoms with Crippen LogP contribution in [0.2, 0.25) is 5.15 Å². The Labute approximate surface area is 148 Å². The monoisotopic (exact) mass is 369 g/mol. The fourth-order valence-electron chi connectivity index (χ4n) is 2.19. The molecule has 1 aromatic heterocycles. The van der Waals surface area contributed by atoms with Crippen LogP contribution < -0.4 is 5.43 Å². The molecule has 2 heterocycles. The molecule has 0 atom stereocenters. The Balaban J connectivity index is 2.54. The van der Waals surface area contributed by atoms with Crippen molar-refractivity contribution in [1.29, 1.82) is 0 Å². The SMILES string of the molecule is CCOC1=NNC(=O)/C1=C/c1[nH]c(Cl)c(CC(=O)OC)c1C(=O)OC. The summed E-state index contributed by atoms with van der Waals surface area (Å²) in [6, 6.07) is 0. The number of esters is 2. The van der Waals surface area contributed by atoms with E-state index in [1.54, 1.807) is 6.92 Å². The summed E-state index contributed by atoms with van der Waals surface area (Å²) in [5.74, 6) is -1.72. The maximum atomic E-state index is 12.2. The second kappa shape index (κ2) is 7.84. The summed E-state index contributed by atoms with van der Waals surface area (Å²) in [5, 5.41) is 3.82. The summed E-state index contributed by atoms with van der Waals surface area (Å²) in [6.45, 7) is 2.04. The van der Waals surface area contributed by atoms with Gasteiger partial charge in [0.15, 0.2) is 0 Å². The van der Waals surface area contributed by atoms with Crippen LogP contribution >= 0.6 is 11.6 Å². The minimum absolute atomic E-state index is 0.0287. The van der Waals surface area contributed by atoms with Crippen molar-refractivity contribution in [3.63, 3.8) is 0 Å². The first-order chi connectivity index (χ1) is 11.9. The molecule has 0 radical (unpaired) electrons. The molecule has 0 aliphatic carbocycles. The Morgan fingerprint density at radius 2 is 2.00 bits per heavy atom. The van der Waals surface area contributed by atoms with Crippen molar-refractivity contribution in [3.8, 4) is 0 Å². The van der Waals surface area contributed by atoms with Gasteiger partial charge in [0.2, 0.25) is 5.90 Å². The summed E-state index contributed by atoms with van der Waals surface area (Å²) in [6.07, 6.45) is 1.12. The normalized spacial score (nSPS) is 15.0. The number of ether oxygens (including phenoxy) is 3. The van der Waals surface area contributed by atoms with E-state index in [2.05, 4.69) is 20.2 Å². The van der Waals surface area contributed by atoms with Gasteiger partial charge in [0, 0.05) is 5.56 Å². The predicted molar refractivity (Wildman–Crippen MR) is 88.0 cm³/mol. The Kier molecular flexibility index (Phi) is 5.81. The molecule has 1 aromatic rings. The van der Waals surface area contributed by atoms with Gasteiger partial charge in [-0.1, -0.05) is 11.6 Å². The fraction of sp³-hybridized carbons (Fsp3) is 0.333. The van der Waals surface area contributed by atoms with Crippen LogP contribution in [-0.2, 0) is 30.2 Å². The molecule has 10 heteroatoms. The molecule has 2 N–H and O–H groups in total. The third kappa shape index (κ3) is 3.82. The number of aromatic amines is 1. The smallest absolute Gasteiger partial charge is 0.340 e. The number of nitrogens with one attached hydrogen (secondary N) is 2. The lowest BCUT2D eigenvalue weighted by atomic mass is 10.1. The molecule has 0 saturated heterocycles. The Bertz CT molecular complexity index is 780. The lowest BCUT2D eigenvalue weighted by Crippen LogP contribution is -2.15. The molecule has 1 aliphatic heterocycles. The highest BCUT2D eigenvalue weighted by Crippen LogP contribution is 2.27. The number of amides is 1. The largest absolute Gasteiger partial charge is 0.476 e. The third-order valence-corrected chi connectivity index (χ3v) is 3.65. The van der Waals surface area contributed by atoms with E-state index in [1.807, 2.05) is 0 Å². The van der Waals surface area contributed by atoms with Crippen molar-refractivity contribution >= 4 is 41.4 Å². The maximum Gasteiger partial charge on any atom is 0.340 e. The molecule has 0 fully saturated rings. The number of hydrogen-bond acceptors (Lipinski definition) is 7. The Morgan fingerprint density at radius 1 is 1.28 bits per heavy atom. The van der Waals surface area contributed by atoms with Crippen LogP contribution in [0.1, 0.15) is 28.5 Å². The first kappa shape index (κ1) is 18.5. The minimum Gasteiger partial charge on any atom is -0.476 e. The van der Waals surface area contributed by atoms with E-state index in [0.29, 0.717) is 6.61 Å². The molecule has 1 aliphatic rings. The first-order valence-electron chi connectivity index (χ1n) is 7.21. The summed E-state index contributed by atoms with van der Waals surface area (Å²) in [5.41, 5.74) is 2.80. The van der Waals surface area contributed by atoms with Crippen molar-refractivity contribution in [2.45, 2.75) is 13.3 Å². The minimum atomic E-state index is -0.720. The summed E-state index contributed by atoms with van der Waals surface area (Å²) in [4.78, 5) is 38.4. The highest BCUT2D eigenvalue weighted by molar-refractivity contribution is 6.31. The molecule has 0 aromatic carbocycles. The number of nitrogens with zero attached hydrogens (tertiary/aromatic N) is 1. The number of carbonyl (C=O) groups is 3. The second-order valence-corrected chi connectivity index (χ2v) is 5.18. The zero-order valence-corrected chi connectivity index (χ0v) is 14.5. The van der Waals surface area contributed by atoms with Gasteiger partial charge in [-0.2, -0.15) is 0 Å². The van der Waals surface area contributed by atoms with E-state index in [4.69, 9.17) is 21.1 Å². The molecule has 0 unspecified atom stereocenters.